The van der Waals surface area contributed by atoms with Crippen LogP contribution in [0.25, 0.3) is 0 Å². The van der Waals surface area contributed by atoms with Crippen LogP contribution in [0.2, 0.25) is 0 Å². The van der Waals surface area contributed by atoms with Crippen molar-refractivity contribution in [3.63, 3.8) is 0 Å². The zero-order chi connectivity index (χ0) is 14.8. The number of hydrogen-bond donors (Lipinski definition) is 2. The molecule has 0 unspecified atom stereocenters. The number of nitrogens with zero attached hydrogens (tertiary/aromatic N) is 2. The normalized spacial score (nSPS) is 10.8. The predicted molar refractivity (Wildman–Crippen MR) is 75.4 cm³/mol. The summed E-state index contributed by atoms with van der Waals surface area (Å²) in [5.74, 6) is 0. The van der Waals surface area contributed by atoms with Crippen LogP contribution in [-0.4, -0.2) is 13.4 Å². The van der Waals surface area contributed by atoms with Crippen LogP contribution in [0.3, 0.4) is 0 Å². The Labute approximate surface area is 116 Å². The lowest BCUT2D eigenvalue weighted by molar-refractivity contribution is 0.601. The van der Waals surface area contributed by atoms with Gasteiger partial charge in [-0.1, -0.05) is 0 Å². The highest BCUT2D eigenvalue weighted by atomic mass is 32.2. The second-order valence-electron chi connectivity index (χ2n) is 4.16. The van der Waals surface area contributed by atoms with Gasteiger partial charge in [0.1, 0.15) is 11.0 Å². The number of rotatable bonds is 3. The van der Waals surface area contributed by atoms with Gasteiger partial charge in [0.2, 0.25) is 0 Å². The molecule has 20 heavy (non-hydrogen) atoms. The van der Waals surface area contributed by atoms with Crippen LogP contribution in [0.1, 0.15) is 11.3 Å². The summed E-state index contributed by atoms with van der Waals surface area (Å²) in [7, 11) is -3.85. The van der Waals surface area contributed by atoms with E-state index in [1.54, 1.807) is 19.1 Å². The minimum Gasteiger partial charge on any atom is -0.399 e. The smallest absolute Gasteiger partial charge is 0.263 e. The Morgan fingerprint density at radius 3 is 2.65 bits per heavy atom. The van der Waals surface area contributed by atoms with Crippen molar-refractivity contribution < 1.29 is 8.42 Å². The van der Waals surface area contributed by atoms with E-state index >= 15 is 0 Å². The molecule has 0 aliphatic rings. The molecule has 0 saturated carbocycles. The first-order chi connectivity index (χ1) is 9.42. The molecule has 0 radical (unpaired) electrons. The van der Waals surface area contributed by atoms with E-state index in [1.165, 1.54) is 24.4 Å². The Kier molecular flexibility index (Phi) is 3.59. The average Bonchev–Trinajstić information content (AvgIpc) is 2.40. The van der Waals surface area contributed by atoms with Crippen molar-refractivity contribution in [2.24, 2.45) is 0 Å². The summed E-state index contributed by atoms with van der Waals surface area (Å²) in [6.07, 6.45) is 1.41. The molecule has 0 fully saturated rings. The molecule has 0 aliphatic carbocycles. The van der Waals surface area contributed by atoms with Crippen LogP contribution in [-0.2, 0) is 10.0 Å². The van der Waals surface area contributed by atoms with Crippen molar-refractivity contribution in [3.05, 3.63) is 47.8 Å². The molecule has 1 aromatic heterocycles. The third kappa shape index (κ3) is 2.87. The standard InChI is InChI=1S/C13H12N4O2S/c1-9-2-4-12(8-16-9)17-20(18,19)13-5-3-11(15)6-10(13)7-14/h2-6,8,17H,15H2,1H3. The maximum Gasteiger partial charge on any atom is 0.263 e. The monoisotopic (exact) mass is 288 g/mol. The molecular formula is C13H12N4O2S. The quantitative estimate of drug-likeness (QED) is 0.834. The van der Waals surface area contributed by atoms with E-state index in [0.29, 0.717) is 11.4 Å². The maximum atomic E-state index is 12.2. The lowest BCUT2D eigenvalue weighted by Gasteiger charge is -2.09. The fourth-order valence-electron chi connectivity index (χ4n) is 1.61. The summed E-state index contributed by atoms with van der Waals surface area (Å²) in [5, 5.41) is 9.00. The summed E-state index contributed by atoms with van der Waals surface area (Å²) in [4.78, 5) is 3.89. The molecule has 2 rings (SSSR count). The van der Waals surface area contributed by atoms with Crippen LogP contribution in [0.15, 0.2) is 41.4 Å². The highest BCUT2D eigenvalue weighted by Gasteiger charge is 2.19. The minimum absolute atomic E-state index is 0.00225. The van der Waals surface area contributed by atoms with Gasteiger partial charge in [-0.2, -0.15) is 5.26 Å². The highest BCUT2D eigenvalue weighted by Crippen LogP contribution is 2.21. The van der Waals surface area contributed by atoms with Gasteiger partial charge in [-0.05, 0) is 37.3 Å². The number of aryl methyl sites for hydroxylation is 1. The van der Waals surface area contributed by atoms with Gasteiger partial charge in [0.15, 0.2) is 0 Å². The molecule has 7 heteroatoms. The number of aromatic nitrogens is 1. The van der Waals surface area contributed by atoms with Crippen LogP contribution in [0.5, 0.6) is 0 Å². The molecule has 0 spiro atoms. The van der Waals surface area contributed by atoms with Gasteiger partial charge in [0, 0.05) is 11.4 Å². The van der Waals surface area contributed by atoms with Gasteiger partial charge >= 0.3 is 0 Å². The minimum atomic E-state index is -3.85. The molecule has 0 amide bonds. The first kappa shape index (κ1) is 13.8. The molecule has 1 heterocycles. The van der Waals surface area contributed by atoms with Gasteiger partial charge in [-0.25, -0.2) is 8.42 Å². The summed E-state index contributed by atoms with van der Waals surface area (Å²) < 4.78 is 26.9. The Morgan fingerprint density at radius 2 is 2.05 bits per heavy atom. The van der Waals surface area contributed by atoms with Gasteiger partial charge < -0.3 is 5.73 Å². The van der Waals surface area contributed by atoms with E-state index < -0.39 is 10.0 Å². The zero-order valence-corrected chi connectivity index (χ0v) is 11.5. The highest BCUT2D eigenvalue weighted by molar-refractivity contribution is 7.92. The number of anilines is 2. The third-order valence-corrected chi connectivity index (χ3v) is 4.02. The molecule has 0 atom stereocenters. The number of nitrogens with two attached hydrogens (primary N) is 1. The van der Waals surface area contributed by atoms with Crippen molar-refractivity contribution in [2.45, 2.75) is 11.8 Å². The van der Waals surface area contributed by atoms with Gasteiger partial charge in [-0.15, -0.1) is 0 Å². The van der Waals surface area contributed by atoms with Gasteiger partial charge in [0.05, 0.1) is 17.4 Å². The maximum absolute atomic E-state index is 12.2. The first-order valence-corrected chi connectivity index (χ1v) is 7.16. The van der Waals surface area contributed by atoms with E-state index in [4.69, 9.17) is 11.0 Å². The third-order valence-electron chi connectivity index (χ3n) is 2.58. The molecule has 2 aromatic rings. The van der Waals surface area contributed by atoms with Crippen LogP contribution < -0.4 is 10.5 Å². The first-order valence-electron chi connectivity index (χ1n) is 5.67. The van der Waals surface area contributed by atoms with Gasteiger partial charge in [-0.3, -0.25) is 9.71 Å². The van der Waals surface area contributed by atoms with E-state index in [2.05, 4.69) is 9.71 Å². The van der Waals surface area contributed by atoms with E-state index in [9.17, 15) is 8.42 Å². The molecular weight excluding hydrogens is 276 g/mol. The van der Waals surface area contributed by atoms with Crippen LogP contribution >= 0.6 is 0 Å². The number of pyridine rings is 1. The van der Waals surface area contributed by atoms with E-state index in [0.717, 1.165) is 5.69 Å². The Hall–Kier alpha value is -2.59. The largest absolute Gasteiger partial charge is 0.399 e. The number of benzene rings is 1. The van der Waals surface area contributed by atoms with Crippen molar-refractivity contribution in [2.75, 3.05) is 10.5 Å². The molecule has 6 nitrogen and oxygen atoms in total. The molecule has 3 N–H and O–H groups in total. The molecule has 0 aliphatic heterocycles. The summed E-state index contributed by atoms with van der Waals surface area (Å²) >= 11 is 0. The number of nitrogens with one attached hydrogen (secondary N) is 1. The van der Waals surface area contributed by atoms with E-state index in [1.807, 2.05) is 6.07 Å². The Balaban J connectivity index is 2.41. The topological polar surface area (TPSA) is 109 Å². The van der Waals surface area contributed by atoms with Crippen molar-refractivity contribution in [1.29, 1.82) is 5.26 Å². The van der Waals surface area contributed by atoms with Crippen molar-refractivity contribution >= 4 is 21.4 Å². The average molecular weight is 288 g/mol. The SMILES string of the molecule is Cc1ccc(NS(=O)(=O)c2ccc(N)cc2C#N)cn1. The molecule has 0 saturated heterocycles. The fourth-order valence-corrected chi connectivity index (χ4v) is 2.79. The molecule has 102 valence electrons. The van der Waals surface area contributed by atoms with Crippen LogP contribution in [0, 0.1) is 18.3 Å². The molecule has 1 aromatic carbocycles. The van der Waals surface area contributed by atoms with Gasteiger partial charge in [0.25, 0.3) is 10.0 Å². The number of nitrogen functional groups attached to an aromatic ring is 1. The number of hydrogen-bond acceptors (Lipinski definition) is 5. The number of nitriles is 1. The van der Waals surface area contributed by atoms with E-state index in [-0.39, 0.29) is 10.5 Å². The second-order valence-corrected chi connectivity index (χ2v) is 5.81. The lowest BCUT2D eigenvalue weighted by atomic mass is 10.2. The summed E-state index contributed by atoms with van der Waals surface area (Å²) in [6.45, 7) is 1.80. The Morgan fingerprint density at radius 1 is 1.30 bits per heavy atom. The van der Waals surface area contributed by atoms with Crippen molar-refractivity contribution in [3.8, 4) is 6.07 Å². The summed E-state index contributed by atoms with van der Waals surface area (Å²) in [6, 6.07) is 9.17. The fraction of sp³-hybridized carbons (Fsp3) is 0.0769. The Bertz CT molecular complexity index is 777. The molecule has 0 bridgehead atoms. The van der Waals surface area contributed by atoms with Crippen molar-refractivity contribution in [1.82, 2.24) is 4.98 Å². The lowest BCUT2D eigenvalue weighted by Crippen LogP contribution is -2.14. The predicted octanol–water partition coefficient (Wildman–Crippen LogP) is 1.64. The summed E-state index contributed by atoms with van der Waals surface area (Å²) in [5.41, 5.74) is 6.97. The zero-order valence-electron chi connectivity index (χ0n) is 10.7. The van der Waals surface area contributed by atoms with Crippen LogP contribution in [0.4, 0.5) is 11.4 Å². The number of sulfonamides is 1. The second kappa shape index (κ2) is 5.19.